The van der Waals surface area contributed by atoms with Gasteiger partial charge in [0, 0.05) is 32.3 Å². The van der Waals surface area contributed by atoms with E-state index < -0.39 is 0 Å². The molecule has 6 nitrogen and oxygen atoms in total. The third-order valence-electron chi connectivity index (χ3n) is 7.48. The molecule has 7 aromatic rings. The van der Waals surface area contributed by atoms with Crippen LogP contribution >= 0.6 is 0 Å². The Bertz CT molecular complexity index is 2210. The van der Waals surface area contributed by atoms with E-state index in [4.69, 9.17) is 0 Å². The maximum Gasteiger partial charge on any atom is 0.223 e. The summed E-state index contributed by atoms with van der Waals surface area (Å²) in [5.41, 5.74) is 1.77. The van der Waals surface area contributed by atoms with Crippen LogP contribution in [0, 0.1) is 0 Å². The van der Waals surface area contributed by atoms with Gasteiger partial charge in [-0.1, -0.05) is 48.5 Å². The zero-order valence-electron chi connectivity index (χ0n) is 19.5. The summed E-state index contributed by atoms with van der Waals surface area (Å²) in [5.74, 6) is 0. The van der Waals surface area contributed by atoms with Gasteiger partial charge in [0.25, 0.3) is 0 Å². The molecule has 168 valence electrons. The molecule has 36 heavy (non-hydrogen) atoms. The molecule has 0 aliphatic rings. The van der Waals surface area contributed by atoms with Crippen molar-refractivity contribution in [2.75, 3.05) is 0 Å². The minimum Gasteiger partial charge on any atom is -0.390 e. The van der Waals surface area contributed by atoms with Crippen LogP contribution in [0.25, 0.3) is 65.2 Å². The summed E-state index contributed by atoms with van der Waals surface area (Å²) in [7, 11) is 3.64. The number of aromatic nitrogens is 2. The van der Waals surface area contributed by atoms with Gasteiger partial charge >= 0.3 is 0 Å². The summed E-state index contributed by atoms with van der Waals surface area (Å²) < 4.78 is 3.70. The van der Waals surface area contributed by atoms with E-state index in [1.807, 2.05) is 24.9 Å². The average Bonchev–Trinajstić information content (AvgIpc) is 2.92. The van der Waals surface area contributed by atoms with Crippen LogP contribution in [0.1, 0.15) is 0 Å². The molecule has 0 atom stereocenters. The quantitative estimate of drug-likeness (QED) is 0.194. The number of benzene rings is 6. The molecule has 0 N–H and O–H groups in total. The van der Waals surface area contributed by atoms with Crippen molar-refractivity contribution in [2.45, 2.75) is 0 Å². The molecule has 8 heteroatoms. The lowest BCUT2D eigenvalue weighted by atomic mass is 9.97. The zero-order valence-corrected chi connectivity index (χ0v) is 19.5. The van der Waals surface area contributed by atoms with Crippen molar-refractivity contribution >= 4 is 81.1 Å². The fraction of sp³-hybridized carbons (Fsp3) is 0. The van der Waals surface area contributed by atoms with Crippen LogP contribution in [-0.4, -0.2) is 24.9 Å². The molecule has 6 aromatic carbocycles. The SMILES string of the molecule is Bn1c2ccc3c(=O)c4ccccc4c(=O)c3c2n(B)c2ccc3c(=O)c4ccccc4c(=O)c3c21. The average molecular weight is 466 g/mol. The molecule has 0 fully saturated rings. The third kappa shape index (κ3) is 2.38. The lowest BCUT2D eigenvalue weighted by Crippen LogP contribution is -2.18. The van der Waals surface area contributed by atoms with Crippen molar-refractivity contribution in [1.29, 1.82) is 0 Å². The Kier molecular flexibility index (Phi) is 3.97. The number of hydrogen-bond acceptors (Lipinski definition) is 4. The van der Waals surface area contributed by atoms with Crippen LogP contribution in [0.4, 0.5) is 0 Å². The Morgan fingerprint density at radius 1 is 0.417 bits per heavy atom. The first kappa shape index (κ1) is 20.6. The molecule has 1 aromatic heterocycles. The molecule has 0 bridgehead atoms. The van der Waals surface area contributed by atoms with Crippen molar-refractivity contribution in [1.82, 2.24) is 8.96 Å². The molecule has 0 unspecified atom stereocenters. The van der Waals surface area contributed by atoms with Gasteiger partial charge < -0.3 is 8.96 Å². The minimum absolute atomic E-state index is 0.187. The van der Waals surface area contributed by atoms with Gasteiger partial charge in [0.15, 0.2) is 21.7 Å². The van der Waals surface area contributed by atoms with Gasteiger partial charge in [-0.05, 0) is 24.3 Å². The van der Waals surface area contributed by atoms with Crippen LogP contribution in [0.2, 0.25) is 0 Å². The Hall–Kier alpha value is -4.71. The predicted molar refractivity (Wildman–Crippen MR) is 152 cm³/mol. The highest BCUT2D eigenvalue weighted by molar-refractivity contribution is 6.28. The fourth-order valence-electron chi connectivity index (χ4n) is 5.78. The standard InChI is InChI=1S/C28H16B2N2O4/c29-31-20-12-10-18-22(28(36)16-8-4-2-6-14(16)26(18)34)24(20)32(30)19-11-9-17-21(23(19)31)27(35)15-7-3-1-5-13(15)25(17)33/h1-12H,29-30H2. The summed E-state index contributed by atoms with van der Waals surface area (Å²) in [6.45, 7) is 0. The summed E-state index contributed by atoms with van der Waals surface area (Å²) in [6.07, 6.45) is 0. The van der Waals surface area contributed by atoms with Crippen molar-refractivity contribution in [2.24, 2.45) is 0 Å². The topological polar surface area (TPSA) is 78.1 Å². The summed E-state index contributed by atoms with van der Waals surface area (Å²) >= 11 is 0. The Morgan fingerprint density at radius 2 is 0.750 bits per heavy atom. The van der Waals surface area contributed by atoms with E-state index in [0.717, 1.165) is 0 Å². The first-order valence-electron chi connectivity index (χ1n) is 11.6. The van der Waals surface area contributed by atoms with Gasteiger partial charge in [0.2, 0.25) is 16.0 Å². The molecule has 0 spiro atoms. The predicted octanol–water partition coefficient (Wildman–Crippen LogP) is 1.88. The second kappa shape index (κ2) is 6.92. The van der Waals surface area contributed by atoms with Crippen molar-refractivity contribution in [3.63, 3.8) is 0 Å². The van der Waals surface area contributed by atoms with Gasteiger partial charge in [-0.25, -0.2) is 0 Å². The summed E-state index contributed by atoms with van der Waals surface area (Å²) in [5, 5.41) is 2.99. The van der Waals surface area contributed by atoms with Crippen LogP contribution < -0.4 is 21.7 Å². The van der Waals surface area contributed by atoms with Crippen molar-refractivity contribution in [3.8, 4) is 0 Å². The largest absolute Gasteiger partial charge is 0.390 e. The monoisotopic (exact) mass is 466 g/mol. The first-order chi connectivity index (χ1) is 17.4. The van der Waals surface area contributed by atoms with E-state index in [9.17, 15) is 19.2 Å². The lowest BCUT2D eigenvalue weighted by Gasteiger charge is -2.20. The van der Waals surface area contributed by atoms with E-state index >= 15 is 0 Å². The van der Waals surface area contributed by atoms with Crippen LogP contribution in [0.15, 0.2) is 92.0 Å². The zero-order chi connectivity index (χ0) is 24.9. The molecular formula is C28H16B2N2O4. The van der Waals surface area contributed by atoms with Gasteiger partial charge in [-0.15, -0.1) is 0 Å². The Morgan fingerprint density at radius 3 is 1.11 bits per heavy atom. The molecule has 0 saturated heterocycles. The second-order valence-electron chi connectivity index (χ2n) is 9.24. The Balaban J connectivity index is 1.80. The number of nitrogens with zero attached hydrogens (tertiary/aromatic N) is 2. The van der Waals surface area contributed by atoms with E-state index in [2.05, 4.69) is 0 Å². The molecular weight excluding hydrogens is 450 g/mol. The van der Waals surface area contributed by atoms with Gasteiger partial charge in [-0.3, -0.25) is 19.2 Å². The van der Waals surface area contributed by atoms with Crippen LogP contribution in [-0.2, 0) is 0 Å². The number of fused-ring (bicyclic) bond motifs is 8. The summed E-state index contributed by atoms with van der Waals surface area (Å²) in [6, 6.07) is 20.7. The minimum atomic E-state index is -0.209. The van der Waals surface area contributed by atoms with Gasteiger partial charge in [0.1, 0.15) is 0 Å². The molecule has 7 rings (SSSR count). The normalized spacial score (nSPS) is 12.0. The second-order valence-corrected chi connectivity index (χ2v) is 9.24. The number of hydrogen-bond donors (Lipinski definition) is 0. The van der Waals surface area contributed by atoms with Crippen LogP contribution in [0.5, 0.6) is 0 Å². The van der Waals surface area contributed by atoms with E-state index in [-0.39, 0.29) is 21.7 Å². The highest BCUT2D eigenvalue weighted by Gasteiger charge is 2.20. The maximum atomic E-state index is 13.7. The molecule has 0 aliphatic carbocycles. The summed E-state index contributed by atoms with van der Waals surface area (Å²) in [4.78, 5) is 53.9. The van der Waals surface area contributed by atoms with Gasteiger partial charge in [-0.2, -0.15) is 0 Å². The molecule has 1 heterocycles. The lowest BCUT2D eigenvalue weighted by molar-refractivity contribution is 1.27. The van der Waals surface area contributed by atoms with Crippen molar-refractivity contribution in [3.05, 3.63) is 114 Å². The highest BCUT2D eigenvalue weighted by Crippen LogP contribution is 2.30. The van der Waals surface area contributed by atoms with E-state index in [1.54, 1.807) is 72.8 Å². The maximum absolute atomic E-state index is 13.7. The van der Waals surface area contributed by atoms with E-state index in [0.29, 0.717) is 65.2 Å². The molecule has 0 aliphatic heterocycles. The van der Waals surface area contributed by atoms with Crippen LogP contribution in [0.3, 0.4) is 0 Å². The first-order valence-corrected chi connectivity index (χ1v) is 11.6. The highest BCUT2D eigenvalue weighted by atomic mass is 16.1. The fourth-order valence-corrected chi connectivity index (χ4v) is 5.78. The van der Waals surface area contributed by atoms with Gasteiger partial charge in [0.05, 0.1) is 32.8 Å². The number of rotatable bonds is 0. The molecule has 0 amide bonds. The molecule has 0 radical (unpaired) electrons. The van der Waals surface area contributed by atoms with E-state index in [1.165, 1.54) is 0 Å². The van der Waals surface area contributed by atoms with Crippen molar-refractivity contribution < 1.29 is 0 Å². The molecule has 0 saturated carbocycles. The Labute approximate surface area is 203 Å². The smallest absolute Gasteiger partial charge is 0.223 e. The third-order valence-corrected chi connectivity index (χ3v) is 7.48.